The molecule has 1 N–H and O–H groups in total. The highest BCUT2D eigenvalue weighted by molar-refractivity contribution is 5.43. The molecule has 0 radical (unpaired) electrons. The van der Waals surface area contributed by atoms with Gasteiger partial charge >= 0.3 is 0 Å². The van der Waals surface area contributed by atoms with E-state index in [0.717, 1.165) is 25.4 Å². The summed E-state index contributed by atoms with van der Waals surface area (Å²) >= 11 is 0. The van der Waals surface area contributed by atoms with E-state index in [1.807, 2.05) is 7.05 Å². The standard InChI is InChI=1S/C14H24N2O/c1-11-8-13(6-7-16(4)10-15-3)9-12(2)14(11)17-5/h8-9,15H,6-7,10H2,1-5H3. The van der Waals surface area contributed by atoms with Crippen LogP contribution in [-0.2, 0) is 6.42 Å². The molecule has 3 heteroatoms. The largest absolute Gasteiger partial charge is 0.496 e. The lowest BCUT2D eigenvalue weighted by Gasteiger charge is -2.17. The third kappa shape index (κ3) is 4.02. The molecule has 3 nitrogen and oxygen atoms in total. The van der Waals surface area contributed by atoms with Crippen LogP contribution in [0.15, 0.2) is 12.1 Å². The molecule has 0 aliphatic heterocycles. The SMILES string of the molecule is CNCN(C)CCc1cc(C)c(OC)c(C)c1. The highest BCUT2D eigenvalue weighted by atomic mass is 16.5. The summed E-state index contributed by atoms with van der Waals surface area (Å²) in [6.07, 6.45) is 1.07. The molecule has 0 unspecified atom stereocenters. The molecule has 17 heavy (non-hydrogen) atoms. The number of nitrogens with one attached hydrogen (secondary N) is 1. The molecule has 0 amide bonds. The molecule has 0 saturated carbocycles. The van der Waals surface area contributed by atoms with Crippen molar-refractivity contribution in [2.75, 3.05) is 34.4 Å². The Balaban J connectivity index is 2.67. The third-order valence-corrected chi connectivity index (χ3v) is 2.93. The molecule has 0 atom stereocenters. The summed E-state index contributed by atoms with van der Waals surface area (Å²) in [5, 5.41) is 3.15. The molecule has 1 rings (SSSR count). The Bertz CT molecular complexity index is 340. The second-order valence-electron chi connectivity index (χ2n) is 4.60. The minimum atomic E-state index is 0.925. The summed E-state index contributed by atoms with van der Waals surface area (Å²) in [5.41, 5.74) is 3.82. The van der Waals surface area contributed by atoms with Crippen molar-refractivity contribution in [3.8, 4) is 5.75 Å². The van der Waals surface area contributed by atoms with Gasteiger partial charge in [-0.15, -0.1) is 0 Å². The number of rotatable bonds is 6. The van der Waals surface area contributed by atoms with Crippen LogP contribution in [0.25, 0.3) is 0 Å². The maximum Gasteiger partial charge on any atom is 0.124 e. The Hall–Kier alpha value is -1.06. The highest BCUT2D eigenvalue weighted by Gasteiger charge is 2.05. The fraction of sp³-hybridized carbons (Fsp3) is 0.571. The molecular weight excluding hydrogens is 212 g/mol. The van der Waals surface area contributed by atoms with Gasteiger partial charge in [0.15, 0.2) is 0 Å². The third-order valence-electron chi connectivity index (χ3n) is 2.93. The Morgan fingerprint density at radius 3 is 2.29 bits per heavy atom. The summed E-state index contributed by atoms with van der Waals surface area (Å²) in [5.74, 6) is 1.01. The van der Waals surface area contributed by atoms with E-state index in [2.05, 4.69) is 43.2 Å². The van der Waals surface area contributed by atoms with Crippen LogP contribution in [0.1, 0.15) is 16.7 Å². The van der Waals surface area contributed by atoms with Crippen molar-refractivity contribution in [2.24, 2.45) is 0 Å². The van der Waals surface area contributed by atoms with Crippen molar-refractivity contribution in [1.82, 2.24) is 10.2 Å². The molecule has 0 aromatic heterocycles. The van der Waals surface area contributed by atoms with Crippen molar-refractivity contribution in [3.63, 3.8) is 0 Å². The zero-order valence-electron chi connectivity index (χ0n) is 11.6. The molecule has 0 spiro atoms. The van der Waals surface area contributed by atoms with Crippen molar-refractivity contribution >= 4 is 0 Å². The lowest BCUT2D eigenvalue weighted by atomic mass is 10.0. The quantitative estimate of drug-likeness (QED) is 0.764. The lowest BCUT2D eigenvalue weighted by Crippen LogP contribution is -2.30. The Morgan fingerprint density at radius 2 is 1.82 bits per heavy atom. The molecular formula is C14H24N2O. The molecule has 1 aromatic rings. The highest BCUT2D eigenvalue weighted by Crippen LogP contribution is 2.24. The van der Waals surface area contributed by atoms with Crippen LogP contribution < -0.4 is 10.1 Å². The fourth-order valence-corrected chi connectivity index (χ4v) is 2.18. The lowest BCUT2D eigenvalue weighted by molar-refractivity contribution is 0.321. The van der Waals surface area contributed by atoms with Crippen LogP contribution in [0, 0.1) is 13.8 Å². The number of likely N-dealkylation sites (N-methyl/N-ethyl adjacent to an activating group) is 1. The minimum absolute atomic E-state index is 0.925. The summed E-state index contributed by atoms with van der Waals surface area (Å²) < 4.78 is 5.37. The minimum Gasteiger partial charge on any atom is -0.496 e. The Labute approximate surface area is 105 Å². The number of aryl methyl sites for hydroxylation is 2. The summed E-state index contributed by atoms with van der Waals surface area (Å²) in [6.45, 7) is 6.19. The average molecular weight is 236 g/mol. The number of benzene rings is 1. The van der Waals surface area contributed by atoms with Crippen LogP contribution in [0.5, 0.6) is 5.75 Å². The predicted molar refractivity (Wildman–Crippen MR) is 72.7 cm³/mol. The van der Waals surface area contributed by atoms with E-state index >= 15 is 0 Å². The molecule has 0 fully saturated rings. The first-order valence-electron chi connectivity index (χ1n) is 6.05. The maximum atomic E-state index is 5.37. The zero-order valence-corrected chi connectivity index (χ0v) is 11.6. The maximum absolute atomic E-state index is 5.37. The fourth-order valence-electron chi connectivity index (χ4n) is 2.18. The van der Waals surface area contributed by atoms with Gasteiger partial charge in [0.2, 0.25) is 0 Å². The van der Waals surface area contributed by atoms with Gasteiger partial charge < -0.3 is 10.1 Å². The number of hydrogen-bond acceptors (Lipinski definition) is 3. The van der Waals surface area contributed by atoms with E-state index in [1.54, 1.807) is 7.11 Å². The molecule has 0 bridgehead atoms. The van der Waals surface area contributed by atoms with Crippen LogP contribution in [0.4, 0.5) is 0 Å². The van der Waals surface area contributed by atoms with Gasteiger partial charge in [0.1, 0.15) is 5.75 Å². The topological polar surface area (TPSA) is 24.5 Å². The zero-order chi connectivity index (χ0) is 12.8. The van der Waals surface area contributed by atoms with E-state index in [4.69, 9.17) is 4.74 Å². The molecule has 0 aliphatic carbocycles. The predicted octanol–water partition coefficient (Wildman–Crippen LogP) is 1.96. The first-order chi connectivity index (χ1) is 8.08. The first-order valence-corrected chi connectivity index (χ1v) is 6.05. The average Bonchev–Trinajstić information content (AvgIpc) is 2.26. The van der Waals surface area contributed by atoms with Gasteiger partial charge in [0.05, 0.1) is 7.11 Å². The van der Waals surface area contributed by atoms with Crippen LogP contribution >= 0.6 is 0 Å². The van der Waals surface area contributed by atoms with Crippen molar-refractivity contribution < 1.29 is 4.74 Å². The van der Waals surface area contributed by atoms with Gasteiger partial charge in [-0.05, 0) is 51.1 Å². The summed E-state index contributed by atoms with van der Waals surface area (Å²) in [4.78, 5) is 2.27. The van der Waals surface area contributed by atoms with Crippen molar-refractivity contribution in [2.45, 2.75) is 20.3 Å². The van der Waals surface area contributed by atoms with E-state index in [0.29, 0.717) is 0 Å². The Morgan fingerprint density at radius 1 is 1.24 bits per heavy atom. The Kier molecular flexibility index (Phi) is 5.45. The monoisotopic (exact) mass is 236 g/mol. The first kappa shape index (κ1) is 14.0. The van der Waals surface area contributed by atoms with E-state index in [9.17, 15) is 0 Å². The second kappa shape index (κ2) is 6.62. The van der Waals surface area contributed by atoms with Gasteiger partial charge in [-0.3, -0.25) is 4.90 Å². The van der Waals surface area contributed by atoms with Crippen LogP contribution in [0.2, 0.25) is 0 Å². The van der Waals surface area contributed by atoms with Gasteiger partial charge in [-0.2, -0.15) is 0 Å². The molecule has 0 saturated heterocycles. The number of hydrogen-bond donors (Lipinski definition) is 1. The second-order valence-corrected chi connectivity index (χ2v) is 4.60. The van der Waals surface area contributed by atoms with Crippen molar-refractivity contribution in [1.29, 1.82) is 0 Å². The van der Waals surface area contributed by atoms with E-state index in [-0.39, 0.29) is 0 Å². The van der Waals surface area contributed by atoms with Gasteiger partial charge in [-0.1, -0.05) is 12.1 Å². The normalized spacial score (nSPS) is 10.9. The van der Waals surface area contributed by atoms with Gasteiger partial charge in [0, 0.05) is 13.2 Å². The molecule has 96 valence electrons. The van der Waals surface area contributed by atoms with Crippen LogP contribution in [0.3, 0.4) is 0 Å². The summed E-state index contributed by atoms with van der Waals surface area (Å²) in [7, 11) is 5.83. The van der Waals surface area contributed by atoms with Gasteiger partial charge in [-0.25, -0.2) is 0 Å². The molecule has 0 aliphatic rings. The number of ether oxygens (including phenoxy) is 1. The number of nitrogens with zero attached hydrogens (tertiary/aromatic N) is 1. The van der Waals surface area contributed by atoms with Crippen molar-refractivity contribution in [3.05, 3.63) is 28.8 Å². The van der Waals surface area contributed by atoms with Gasteiger partial charge in [0.25, 0.3) is 0 Å². The van der Waals surface area contributed by atoms with E-state index < -0.39 is 0 Å². The van der Waals surface area contributed by atoms with E-state index in [1.165, 1.54) is 16.7 Å². The van der Waals surface area contributed by atoms with Crippen LogP contribution in [-0.4, -0.2) is 39.3 Å². The summed E-state index contributed by atoms with van der Waals surface area (Å²) in [6, 6.07) is 4.44. The molecule has 1 aromatic carbocycles. The smallest absolute Gasteiger partial charge is 0.124 e. The molecule has 0 heterocycles. The number of methoxy groups -OCH3 is 1.